The van der Waals surface area contributed by atoms with Crippen LogP contribution < -0.4 is 0 Å². The maximum absolute atomic E-state index is 13.3. The zero-order valence-electron chi connectivity index (χ0n) is 15.4. The van der Waals surface area contributed by atoms with Gasteiger partial charge in [-0.05, 0) is 37.2 Å². The second-order valence-corrected chi connectivity index (χ2v) is 8.29. The van der Waals surface area contributed by atoms with Crippen LogP contribution in [0.2, 0.25) is 0 Å². The summed E-state index contributed by atoms with van der Waals surface area (Å²) in [6.45, 7) is 2.12. The van der Waals surface area contributed by atoms with Crippen LogP contribution in [0.1, 0.15) is 55.1 Å². The lowest BCUT2D eigenvalue weighted by Gasteiger charge is -2.39. The van der Waals surface area contributed by atoms with Crippen molar-refractivity contribution < 1.29 is 18.3 Å². The largest absolute Gasteiger partial charge is 0.454 e. The van der Waals surface area contributed by atoms with E-state index < -0.39 is 23.7 Å². The van der Waals surface area contributed by atoms with Crippen molar-refractivity contribution in [3.05, 3.63) is 40.7 Å². The van der Waals surface area contributed by atoms with Crippen LogP contribution >= 0.6 is 11.6 Å². The topological polar surface area (TPSA) is 44.1 Å². The zero-order chi connectivity index (χ0) is 19.3. The van der Waals surface area contributed by atoms with Crippen LogP contribution in [0.4, 0.5) is 8.78 Å². The summed E-state index contributed by atoms with van der Waals surface area (Å²) in [5.74, 6) is 0.231. The molecule has 0 spiro atoms. The van der Waals surface area contributed by atoms with Gasteiger partial charge in [0.2, 0.25) is 0 Å². The minimum atomic E-state index is -2.82. The van der Waals surface area contributed by atoms with E-state index in [9.17, 15) is 13.6 Å². The molecule has 0 saturated heterocycles. The molecule has 1 aromatic heterocycles. The molecule has 2 saturated carbocycles. The van der Waals surface area contributed by atoms with Gasteiger partial charge in [-0.3, -0.25) is 4.68 Å². The van der Waals surface area contributed by atoms with Crippen molar-refractivity contribution in [2.45, 2.75) is 44.6 Å². The lowest BCUT2D eigenvalue weighted by Crippen LogP contribution is -2.44. The predicted octanol–water partition coefficient (Wildman–Crippen LogP) is 5.02. The molecular formula is C20H23ClF2N2O2. The van der Waals surface area contributed by atoms with Crippen LogP contribution in [0.5, 0.6) is 0 Å². The molecular weight excluding hydrogens is 374 g/mol. The van der Waals surface area contributed by atoms with Gasteiger partial charge in [0.1, 0.15) is 16.9 Å². The summed E-state index contributed by atoms with van der Waals surface area (Å²) < 4.78 is 33.9. The van der Waals surface area contributed by atoms with Crippen molar-refractivity contribution >= 4 is 17.6 Å². The van der Waals surface area contributed by atoms with E-state index in [2.05, 4.69) is 18.1 Å². The van der Waals surface area contributed by atoms with E-state index in [-0.39, 0.29) is 23.3 Å². The molecule has 5 atom stereocenters. The molecule has 3 aliphatic rings. The molecule has 3 aliphatic carbocycles. The fourth-order valence-corrected chi connectivity index (χ4v) is 5.78. The number of carbonyl (C=O) groups excluding carboxylic acids is 1. The van der Waals surface area contributed by atoms with Gasteiger partial charge in [0, 0.05) is 30.1 Å². The first kappa shape index (κ1) is 18.7. The summed E-state index contributed by atoms with van der Waals surface area (Å²) in [6.07, 6.45) is 8.17. The van der Waals surface area contributed by atoms with Crippen LogP contribution in [-0.2, 0) is 11.8 Å². The van der Waals surface area contributed by atoms with Gasteiger partial charge < -0.3 is 4.74 Å². The van der Waals surface area contributed by atoms with Gasteiger partial charge in [-0.2, -0.15) is 5.10 Å². The molecule has 0 N–H and O–H groups in total. The first-order chi connectivity index (χ1) is 12.9. The minimum Gasteiger partial charge on any atom is -0.454 e. The zero-order valence-corrected chi connectivity index (χ0v) is 16.1. The highest BCUT2D eigenvalue weighted by Crippen LogP contribution is 2.64. The van der Waals surface area contributed by atoms with E-state index in [0.717, 1.165) is 25.7 Å². The highest BCUT2D eigenvalue weighted by atomic mass is 35.5. The standard InChI is InChI=1S/C20H23ClF2N2O2/c1-3-4-15-13-7-8-20(15,16-9-11(21)5-6-12(13)16)27-19(26)14-10-25(2)24-17(14)18(22)23/h5-6,9-10,12-13,15-16,18H,3-4,7-8H2,1-2H3. The van der Waals surface area contributed by atoms with Crippen molar-refractivity contribution in [3.8, 4) is 0 Å². The Bertz CT molecular complexity index is 819. The van der Waals surface area contributed by atoms with Gasteiger partial charge in [0.15, 0.2) is 0 Å². The fourth-order valence-electron chi connectivity index (χ4n) is 5.57. The molecule has 1 aromatic rings. The quantitative estimate of drug-likeness (QED) is 0.656. The summed E-state index contributed by atoms with van der Waals surface area (Å²) in [7, 11) is 1.52. The summed E-state index contributed by atoms with van der Waals surface area (Å²) in [6, 6.07) is 0. The number of esters is 1. The van der Waals surface area contributed by atoms with E-state index in [1.165, 1.54) is 17.9 Å². The van der Waals surface area contributed by atoms with Crippen molar-refractivity contribution in [1.29, 1.82) is 0 Å². The molecule has 0 radical (unpaired) electrons. The molecule has 4 rings (SSSR count). The van der Waals surface area contributed by atoms with Gasteiger partial charge in [0.25, 0.3) is 6.43 Å². The molecule has 0 aromatic carbocycles. The van der Waals surface area contributed by atoms with Crippen LogP contribution in [0.25, 0.3) is 0 Å². The molecule has 1 heterocycles. The number of fused-ring (bicyclic) bond motifs is 5. The highest BCUT2D eigenvalue weighted by Gasteiger charge is 2.65. The number of halogens is 3. The minimum absolute atomic E-state index is 0.000853. The second kappa shape index (κ2) is 6.73. The molecule has 7 heteroatoms. The lowest BCUT2D eigenvalue weighted by molar-refractivity contribution is -0.0545. The Balaban J connectivity index is 1.70. The Morgan fingerprint density at radius 3 is 3.00 bits per heavy atom. The molecule has 2 fully saturated rings. The third kappa shape index (κ3) is 2.84. The first-order valence-electron chi connectivity index (χ1n) is 9.48. The summed E-state index contributed by atoms with van der Waals surface area (Å²) in [5.41, 5.74) is -1.35. The van der Waals surface area contributed by atoms with E-state index in [0.29, 0.717) is 11.0 Å². The maximum Gasteiger partial charge on any atom is 0.342 e. The Labute approximate surface area is 162 Å². The number of allylic oxidation sites excluding steroid dienone is 3. The Hall–Kier alpha value is -1.69. The van der Waals surface area contributed by atoms with Gasteiger partial charge in [-0.15, -0.1) is 0 Å². The number of aryl methyl sites for hydroxylation is 1. The average Bonchev–Trinajstić information content (AvgIpc) is 3.24. The predicted molar refractivity (Wildman–Crippen MR) is 97.5 cm³/mol. The molecule has 4 nitrogen and oxygen atoms in total. The number of alkyl halides is 2. The third-order valence-electron chi connectivity index (χ3n) is 6.47. The molecule has 0 amide bonds. The Morgan fingerprint density at radius 2 is 2.30 bits per heavy atom. The lowest BCUT2D eigenvalue weighted by atomic mass is 9.74. The maximum atomic E-state index is 13.3. The molecule has 2 bridgehead atoms. The number of aromatic nitrogens is 2. The Morgan fingerprint density at radius 1 is 1.52 bits per heavy atom. The molecule has 27 heavy (non-hydrogen) atoms. The number of hydrogen-bond acceptors (Lipinski definition) is 3. The van der Waals surface area contributed by atoms with E-state index in [1.807, 2.05) is 12.2 Å². The fraction of sp³-hybridized carbons (Fsp3) is 0.600. The SMILES string of the molecule is CCCC1C2CCC1(OC(=O)c1cn(C)nc1C(F)F)C1C=C(Cl)C=CC21. The van der Waals surface area contributed by atoms with Crippen LogP contribution in [0.15, 0.2) is 29.5 Å². The molecule has 0 aliphatic heterocycles. The van der Waals surface area contributed by atoms with Crippen LogP contribution in [0.3, 0.4) is 0 Å². The van der Waals surface area contributed by atoms with Crippen molar-refractivity contribution in [2.24, 2.45) is 30.7 Å². The summed E-state index contributed by atoms with van der Waals surface area (Å²) in [4.78, 5) is 12.9. The van der Waals surface area contributed by atoms with Gasteiger partial charge in [-0.25, -0.2) is 13.6 Å². The number of carbonyl (C=O) groups is 1. The third-order valence-corrected chi connectivity index (χ3v) is 6.72. The smallest absolute Gasteiger partial charge is 0.342 e. The molecule has 5 unspecified atom stereocenters. The van der Waals surface area contributed by atoms with E-state index in [4.69, 9.17) is 16.3 Å². The summed E-state index contributed by atoms with van der Waals surface area (Å²) in [5, 5.41) is 4.38. The van der Waals surface area contributed by atoms with E-state index >= 15 is 0 Å². The van der Waals surface area contributed by atoms with E-state index in [1.54, 1.807) is 0 Å². The number of hydrogen-bond donors (Lipinski definition) is 0. The highest BCUT2D eigenvalue weighted by molar-refractivity contribution is 6.31. The van der Waals surface area contributed by atoms with Crippen molar-refractivity contribution in [3.63, 3.8) is 0 Å². The normalized spacial score (nSPS) is 34.1. The Kier molecular flexibility index (Phi) is 4.65. The average molecular weight is 397 g/mol. The van der Waals surface area contributed by atoms with Crippen LogP contribution in [-0.4, -0.2) is 21.4 Å². The number of rotatable bonds is 5. The van der Waals surface area contributed by atoms with Gasteiger partial charge in [-0.1, -0.05) is 37.1 Å². The second-order valence-electron chi connectivity index (χ2n) is 7.86. The number of nitrogens with zero attached hydrogens (tertiary/aromatic N) is 2. The monoisotopic (exact) mass is 396 g/mol. The summed E-state index contributed by atoms with van der Waals surface area (Å²) >= 11 is 6.25. The molecule has 146 valence electrons. The van der Waals surface area contributed by atoms with Gasteiger partial charge >= 0.3 is 5.97 Å². The number of ether oxygens (including phenoxy) is 1. The first-order valence-corrected chi connectivity index (χ1v) is 9.85. The van der Waals surface area contributed by atoms with Crippen molar-refractivity contribution in [2.75, 3.05) is 0 Å². The van der Waals surface area contributed by atoms with Gasteiger partial charge in [0.05, 0.1) is 0 Å². The van der Waals surface area contributed by atoms with Crippen LogP contribution in [0, 0.1) is 23.7 Å². The van der Waals surface area contributed by atoms with Crippen molar-refractivity contribution in [1.82, 2.24) is 9.78 Å².